The molecular formula is C19H24FNO. The van der Waals surface area contributed by atoms with Crippen LogP contribution in [-0.4, -0.2) is 13.2 Å². The van der Waals surface area contributed by atoms with Gasteiger partial charge in [0.2, 0.25) is 0 Å². The van der Waals surface area contributed by atoms with E-state index in [9.17, 15) is 4.39 Å². The summed E-state index contributed by atoms with van der Waals surface area (Å²) in [7, 11) is 0. The Morgan fingerprint density at radius 1 is 1.09 bits per heavy atom. The van der Waals surface area contributed by atoms with E-state index < -0.39 is 0 Å². The topological polar surface area (TPSA) is 35.2 Å². The zero-order valence-electron chi connectivity index (χ0n) is 13.3. The average molecular weight is 301 g/mol. The second-order valence-electron chi connectivity index (χ2n) is 5.80. The van der Waals surface area contributed by atoms with Gasteiger partial charge in [-0.2, -0.15) is 0 Å². The van der Waals surface area contributed by atoms with Crippen molar-refractivity contribution in [3.8, 4) is 5.75 Å². The van der Waals surface area contributed by atoms with Gasteiger partial charge in [0.25, 0.3) is 0 Å². The van der Waals surface area contributed by atoms with Crippen molar-refractivity contribution < 1.29 is 9.13 Å². The number of benzene rings is 2. The van der Waals surface area contributed by atoms with E-state index in [1.165, 1.54) is 17.2 Å². The lowest BCUT2D eigenvalue weighted by molar-refractivity contribution is 0.301. The predicted octanol–water partition coefficient (Wildman–Crippen LogP) is 4.34. The predicted molar refractivity (Wildman–Crippen MR) is 88.8 cm³/mol. The zero-order valence-corrected chi connectivity index (χ0v) is 13.3. The molecule has 2 aromatic carbocycles. The SMILES string of the molecule is Cc1cc(C)cc(OCCCC(CN)c2cccc(F)c2)c1. The van der Waals surface area contributed by atoms with Crippen molar-refractivity contribution in [3.05, 3.63) is 65.0 Å². The number of aryl methyl sites for hydroxylation is 2. The molecule has 0 radical (unpaired) electrons. The van der Waals surface area contributed by atoms with E-state index in [1.807, 2.05) is 18.2 Å². The summed E-state index contributed by atoms with van der Waals surface area (Å²) < 4.78 is 19.1. The number of halogens is 1. The summed E-state index contributed by atoms with van der Waals surface area (Å²) in [5.74, 6) is 0.883. The van der Waals surface area contributed by atoms with E-state index >= 15 is 0 Å². The van der Waals surface area contributed by atoms with Crippen LogP contribution in [0.2, 0.25) is 0 Å². The second-order valence-corrected chi connectivity index (χ2v) is 5.80. The van der Waals surface area contributed by atoms with Gasteiger partial charge < -0.3 is 10.5 Å². The van der Waals surface area contributed by atoms with Crippen LogP contribution in [0.4, 0.5) is 4.39 Å². The van der Waals surface area contributed by atoms with Crippen molar-refractivity contribution in [2.75, 3.05) is 13.2 Å². The molecule has 2 aromatic rings. The smallest absolute Gasteiger partial charge is 0.123 e. The van der Waals surface area contributed by atoms with Crippen LogP contribution in [0.3, 0.4) is 0 Å². The Morgan fingerprint density at radius 3 is 2.45 bits per heavy atom. The molecule has 0 fully saturated rings. The van der Waals surface area contributed by atoms with Crippen molar-refractivity contribution in [3.63, 3.8) is 0 Å². The fourth-order valence-corrected chi connectivity index (χ4v) is 2.72. The third-order valence-corrected chi connectivity index (χ3v) is 3.77. The van der Waals surface area contributed by atoms with Gasteiger partial charge in [0.05, 0.1) is 6.61 Å². The molecule has 118 valence electrons. The molecule has 2 nitrogen and oxygen atoms in total. The van der Waals surface area contributed by atoms with E-state index in [4.69, 9.17) is 10.5 Å². The lowest BCUT2D eigenvalue weighted by Gasteiger charge is -2.15. The first-order valence-corrected chi connectivity index (χ1v) is 7.75. The van der Waals surface area contributed by atoms with Crippen LogP contribution in [0, 0.1) is 19.7 Å². The Hall–Kier alpha value is -1.87. The van der Waals surface area contributed by atoms with Gasteiger partial charge in [0.1, 0.15) is 11.6 Å². The highest BCUT2D eigenvalue weighted by Crippen LogP contribution is 2.22. The summed E-state index contributed by atoms with van der Waals surface area (Å²) in [6, 6.07) is 12.9. The van der Waals surface area contributed by atoms with Crippen LogP contribution in [-0.2, 0) is 0 Å². The highest BCUT2D eigenvalue weighted by atomic mass is 19.1. The normalized spacial score (nSPS) is 12.2. The number of hydrogen-bond donors (Lipinski definition) is 1. The van der Waals surface area contributed by atoms with Gasteiger partial charge in [-0.3, -0.25) is 0 Å². The molecular weight excluding hydrogens is 277 g/mol. The third-order valence-electron chi connectivity index (χ3n) is 3.77. The average Bonchev–Trinajstić information content (AvgIpc) is 2.46. The van der Waals surface area contributed by atoms with E-state index in [1.54, 1.807) is 12.1 Å². The van der Waals surface area contributed by atoms with Crippen molar-refractivity contribution in [1.29, 1.82) is 0 Å². The third kappa shape index (κ3) is 4.85. The minimum absolute atomic E-state index is 0.179. The summed E-state index contributed by atoms with van der Waals surface area (Å²) in [6.45, 7) is 5.30. The Morgan fingerprint density at radius 2 is 1.82 bits per heavy atom. The van der Waals surface area contributed by atoms with Crippen LogP contribution in [0.25, 0.3) is 0 Å². The number of ether oxygens (including phenoxy) is 1. The van der Waals surface area contributed by atoms with Crippen molar-refractivity contribution in [1.82, 2.24) is 0 Å². The number of nitrogens with two attached hydrogens (primary N) is 1. The molecule has 0 heterocycles. The molecule has 0 aromatic heterocycles. The van der Waals surface area contributed by atoms with Gasteiger partial charge in [-0.15, -0.1) is 0 Å². The minimum atomic E-state index is -0.206. The fraction of sp³-hybridized carbons (Fsp3) is 0.368. The van der Waals surface area contributed by atoms with E-state index in [2.05, 4.69) is 19.9 Å². The first-order valence-electron chi connectivity index (χ1n) is 7.75. The standard InChI is InChI=1S/C19H24FNO/c1-14-9-15(2)11-19(10-14)22-8-4-6-17(13-21)16-5-3-7-18(20)12-16/h3,5,7,9-12,17H,4,6,8,13,21H2,1-2H3. The Balaban J connectivity index is 1.84. The number of rotatable bonds is 7. The van der Waals surface area contributed by atoms with Crippen molar-refractivity contribution in [2.45, 2.75) is 32.6 Å². The molecule has 3 heteroatoms. The van der Waals surface area contributed by atoms with Crippen LogP contribution in [0.5, 0.6) is 5.75 Å². The highest BCUT2D eigenvalue weighted by molar-refractivity contribution is 5.33. The maximum Gasteiger partial charge on any atom is 0.123 e. The minimum Gasteiger partial charge on any atom is -0.494 e. The molecule has 1 atom stereocenters. The van der Waals surface area contributed by atoms with Crippen molar-refractivity contribution >= 4 is 0 Å². The van der Waals surface area contributed by atoms with E-state index in [0.29, 0.717) is 13.2 Å². The zero-order chi connectivity index (χ0) is 15.9. The number of hydrogen-bond acceptors (Lipinski definition) is 2. The molecule has 0 saturated carbocycles. The van der Waals surface area contributed by atoms with Crippen LogP contribution < -0.4 is 10.5 Å². The molecule has 0 saturated heterocycles. The van der Waals surface area contributed by atoms with Gasteiger partial charge in [-0.1, -0.05) is 18.2 Å². The lowest BCUT2D eigenvalue weighted by atomic mass is 9.94. The maximum atomic E-state index is 13.3. The quantitative estimate of drug-likeness (QED) is 0.772. The first kappa shape index (κ1) is 16.5. The summed E-state index contributed by atoms with van der Waals surface area (Å²) in [4.78, 5) is 0. The van der Waals surface area contributed by atoms with E-state index in [0.717, 1.165) is 24.2 Å². The van der Waals surface area contributed by atoms with Crippen LogP contribution in [0.15, 0.2) is 42.5 Å². The van der Waals surface area contributed by atoms with Gasteiger partial charge in [0, 0.05) is 0 Å². The fourth-order valence-electron chi connectivity index (χ4n) is 2.72. The highest BCUT2D eigenvalue weighted by Gasteiger charge is 2.10. The Kier molecular flexibility index (Phi) is 5.96. The van der Waals surface area contributed by atoms with Gasteiger partial charge in [-0.05, 0) is 80.1 Å². The molecule has 0 amide bonds. The van der Waals surface area contributed by atoms with Crippen LogP contribution >= 0.6 is 0 Å². The maximum absolute atomic E-state index is 13.3. The monoisotopic (exact) mass is 301 g/mol. The molecule has 0 aliphatic carbocycles. The molecule has 0 aliphatic heterocycles. The molecule has 22 heavy (non-hydrogen) atoms. The summed E-state index contributed by atoms with van der Waals surface area (Å²) >= 11 is 0. The summed E-state index contributed by atoms with van der Waals surface area (Å²) in [5, 5.41) is 0. The Bertz CT molecular complexity index is 592. The summed E-state index contributed by atoms with van der Waals surface area (Å²) in [5.41, 5.74) is 9.20. The van der Waals surface area contributed by atoms with Crippen LogP contribution in [0.1, 0.15) is 35.4 Å². The molecule has 0 spiro atoms. The van der Waals surface area contributed by atoms with Crippen molar-refractivity contribution in [2.24, 2.45) is 5.73 Å². The van der Waals surface area contributed by atoms with Gasteiger partial charge in [-0.25, -0.2) is 4.39 Å². The molecule has 0 aliphatic rings. The van der Waals surface area contributed by atoms with Gasteiger partial charge in [0.15, 0.2) is 0 Å². The lowest BCUT2D eigenvalue weighted by Crippen LogP contribution is -2.14. The van der Waals surface area contributed by atoms with Gasteiger partial charge >= 0.3 is 0 Å². The molecule has 2 rings (SSSR count). The Labute approximate surface area is 132 Å². The molecule has 1 unspecified atom stereocenters. The first-order chi connectivity index (χ1) is 10.6. The summed E-state index contributed by atoms with van der Waals surface area (Å²) in [6.07, 6.45) is 1.79. The largest absolute Gasteiger partial charge is 0.494 e. The molecule has 2 N–H and O–H groups in total. The molecule has 0 bridgehead atoms. The van der Waals surface area contributed by atoms with E-state index in [-0.39, 0.29) is 11.7 Å². The second kappa shape index (κ2) is 7.95.